The standard InChI is InChI=1S/C16H20N2O6/c1-10-15(21)18(9-14(19)20)6-5-17(10)8-11-3-4-13(24-2)12(7-11)16(22)23/h3-4,7,10H,5-6,8-9H2,1-2H3,(H,19,20)(H,22,23). The first-order valence-corrected chi connectivity index (χ1v) is 7.48. The van der Waals surface area contributed by atoms with E-state index >= 15 is 0 Å². The fourth-order valence-corrected chi connectivity index (χ4v) is 2.76. The second-order valence-electron chi connectivity index (χ2n) is 5.64. The van der Waals surface area contributed by atoms with Gasteiger partial charge in [0, 0.05) is 19.6 Å². The van der Waals surface area contributed by atoms with Crippen LogP contribution in [0.1, 0.15) is 22.8 Å². The molecule has 24 heavy (non-hydrogen) atoms. The smallest absolute Gasteiger partial charge is 0.339 e. The summed E-state index contributed by atoms with van der Waals surface area (Å²) in [5, 5.41) is 18.1. The molecule has 1 saturated heterocycles. The molecule has 0 aliphatic carbocycles. The van der Waals surface area contributed by atoms with Gasteiger partial charge in [-0.1, -0.05) is 6.07 Å². The molecule has 1 aliphatic heterocycles. The average molecular weight is 336 g/mol. The number of aromatic carboxylic acids is 1. The maximum absolute atomic E-state index is 12.2. The summed E-state index contributed by atoms with van der Waals surface area (Å²) in [4.78, 5) is 37.5. The summed E-state index contributed by atoms with van der Waals surface area (Å²) in [6, 6.07) is 4.41. The Morgan fingerprint density at radius 1 is 1.29 bits per heavy atom. The van der Waals surface area contributed by atoms with Gasteiger partial charge >= 0.3 is 11.9 Å². The molecule has 0 saturated carbocycles. The zero-order valence-corrected chi connectivity index (χ0v) is 13.6. The molecule has 0 radical (unpaired) electrons. The molecule has 2 rings (SSSR count). The third-order valence-electron chi connectivity index (χ3n) is 4.08. The number of amides is 1. The van der Waals surface area contributed by atoms with Crippen molar-refractivity contribution < 1.29 is 29.3 Å². The highest BCUT2D eigenvalue weighted by Gasteiger charge is 2.32. The van der Waals surface area contributed by atoms with Gasteiger partial charge in [0.2, 0.25) is 5.91 Å². The van der Waals surface area contributed by atoms with E-state index in [4.69, 9.17) is 9.84 Å². The van der Waals surface area contributed by atoms with Crippen LogP contribution >= 0.6 is 0 Å². The second-order valence-corrected chi connectivity index (χ2v) is 5.64. The van der Waals surface area contributed by atoms with Crippen molar-refractivity contribution >= 4 is 17.8 Å². The molecule has 1 amide bonds. The number of benzene rings is 1. The van der Waals surface area contributed by atoms with Gasteiger partial charge in [-0.2, -0.15) is 0 Å². The highest BCUT2D eigenvalue weighted by molar-refractivity contribution is 5.91. The van der Waals surface area contributed by atoms with Crippen LogP contribution in [-0.2, 0) is 16.1 Å². The van der Waals surface area contributed by atoms with Crippen LogP contribution < -0.4 is 4.74 Å². The normalized spacial score (nSPS) is 18.5. The van der Waals surface area contributed by atoms with Gasteiger partial charge in [-0.05, 0) is 24.6 Å². The molecule has 1 aromatic rings. The predicted octanol–water partition coefficient (Wildman–Crippen LogP) is 0.511. The molecule has 1 fully saturated rings. The maximum Gasteiger partial charge on any atom is 0.339 e. The topological polar surface area (TPSA) is 107 Å². The number of carboxylic acid groups (broad SMARTS) is 2. The van der Waals surface area contributed by atoms with E-state index in [0.717, 1.165) is 5.56 Å². The number of nitrogens with zero attached hydrogens (tertiary/aromatic N) is 2. The first kappa shape index (κ1) is 17.7. The monoisotopic (exact) mass is 336 g/mol. The molecule has 0 bridgehead atoms. The number of carboxylic acids is 2. The Labute approximate surface area is 139 Å². The Kier molecular flexibility index (Phi) is 5.40. The predicted molar refractivity (Wildman–Crippen MR) is 84.0 cm³/mol. The van der Waals surface area contributed by atoms with Crippen molar-refractivity contribution in [1.29, 1.82) is 0 Å². The van der Waals surface area contributed by atoms with E-state index in [1.165, 1.54) is 18.1 Å². The van der Waals surface area contributed by atoms with E-state index in [-0.39, 0.29) is 23.8 Å². The molecular formula is C16H20N2O6. The molecule has 0 spiro atoms. The summed E-state index contributed by atoms with van der Waals surface area (Å²) in [6.45, 7) is 2.67. The zero-order chi connectivity index (χ0) is 17.9. The molecular weight excluding hydrogens is 316 g/mol. The Hall–Kier alpha value is -2.61. The Morgan fingerprint density at radius 3 is 2.58 bits per heavy atom. The number of carbonyl (C=O) groups is 3. The van der Waals surface area contributed by atoms with Crippen molar-refractivity contribution in [2.45, 2.75) is 19.5 Å². The number of carbonyl (C=O) groups excluding carboxylic acids is 1. The van der Waals surface area contributed by atoms with E-state index < -0.39 is 18.0 Å². The summed E-state index contributed by atoms with van der Waals surface area (Å²) < 4.78 is 5.03. The molecule has 2 N–H and O–H groups in total. The molecule has 1 unspecified atom stereocenters. The fraction of sp³-hybridized carbons (Fsp3) is 0.438. The summed E-state index contributed by atoms with van der Waals surface area (Å²) in [6.07, 6.45) is 0. The van der Waals surface area contributed by atoms with E-state index in [9.17, 15) is 19.5 Å². The summed E-state index contributed by atoms with van der Waals surface area (Å²) in [5.41, 5.74) is 0.818. The summed E-state index contributed by atoms with van der Waals surface area (Å²) >= 11 is 0. The van der Waals surface area contributed by atoms with Gasteiger partial charge in [-0.3, -0.25) is 14.5 Å². The lowest BCUT2D eigenvalue weighted by Crippen LogP contribution is -2.56. The van der Waals surface area contributed by atoms with Gasteiger partial charge < -0.3 is 19.8 Å². The molecule has 130 valence electrons. The molecule has 1 aliphatic rings. The largest absolute Gasteiger partial charge is 0.496 e. The number of hydrogen-bond acceptors (Lipinski definition) is 5. The highest BCUT2D eigenvalue weighted by atomic mass is 16.5. The van der Waals surface area contributed by atoms with E-state index in [1.54, 1.807) is 19.1 Å². The van der Waals surface area contributed by atoms with Crippen LogP contribution in [0, 0.1) is 0 Å². The van der Waals surface area contributed by atoms with Crippen LogP contribution in [0.25, 0.3) is 0 Å². The van der Waals surface area contributed by atoms with Gasteiger partial charge in [-0.15, -0.1) is 0 Å². The SMILES string of the molecule is COc1ccc(CN2CCN(CC(=O)O)C(=O)C2C)cc1C(=O)O. The van der Waals surface area contributed by atoms with Crippen LogP contribution in [0.5, 0.6) is 5.75 Å². The van der Waals surface area contributed by atoms with Crippen LogP contribution in [0.4, 0.5) is 0 Å². The zero-order valence-electron chi connectivity index (χ0n) is 13.6. The lowest BCUT2D eigenvalue weighted by molar-refractivity contribution is -0.150. The van der Waals surface area contributed by atoms with Crippen molar-refractivity contribution in [2.75, 3.05) is 26.7 Å². The van der Waals surface area contributed by atoms with Crippen molar-refractivity contribution in [1.82, 2.24) is 9.80 Å². The van der Waals surface area contributed by atoms with Gasteiger partial charge in [0.25, 0.3) is 0 Å². The first-order chi connectivity index (χ1) is 11.3. The van der Waals surface area contributed by atoms with Crippen LogP contribution in [0.15, 0.2) is 18.2 Å². The quantitative estimate of drug-likeness (QED) is 0.779. The van der Waals surface area contributed by atoms with Gasteiger partial charge in [0.15, 0.2) is 0 Å². The molecule has 8 heteroatoms. The van der Waals surface area contributed by atoms with Crippen LogP contribution in [0.3, 0.4) is 0 Å². The van der Waals surface area contributed by atoms with Gasteiger partial charge in [-0.25, -0.2) is 4.79 Å². The fourth-order valence-electron chi connectivity index (χ4n) is 2.76. The molecule has 1 heterocycles. The summed E-state index contributed by atoms with van der Waals surface area (Å²) in [7, 11) is 1.41. The number of ether oxygens (including phenoxy) is 1. The molecule has 0 aromatic heterocycles. The number of rotatable bonds is 6. The molecule has 1 aromatic carbocycles. The first-order valence-electron chi connectivity index (χ1n) is 7.48. The lowest BCUT2D eigenvalue weighted by atomic mass is 10.1. The Bertz CT molecular complexity index is 660. The van der Waals surface area contributed by atoms with Crippen LogP contribution in [0.2, 0.25) is 0 Å². The summed E-state index contributed by atoms with van der Waals surface area (Å²) in [5.74, 6) is -2.08. The number of methoxy groups -OCH3 is 1. The third-order valence-corrected chi connectivity index (χ3v) is 4.08. The minimum Gasteiger partial charge on any atom is -0.496 e. The highest BCUT2D eigenvalue weighted by Crippen LogP contribution is 2.22. The van der Waals surface area contributed by atoms with E-state index in [0.29, 0.717) is 19.6 Å². The molecule has 8 nitrogen and oxygen atoms in total. The lowest BCUT2D eigenvalue weighted by Gasteiger charge is -2.38. The number of aliphatic carboxylic acids is 1. The Balaban J connectivity index is 2.12. The van der Waals surface area contributed by atoms with Crippen molar-refractivity contribution in [3.05, 3.63) is 29.3 Å². The van der Waals surface area contributed by atoms with Crippen molar-refractivity contribution in [3.63, 3.8) is 0 Å². The average Bonchev–Trinajstić information content (AvgIpc) is 2.54. The minimum atomic E-state index is -1.08. The third kappa shape index (κ3) is 3.83. The van der Waals surface area contributed by atoms with Crippen LogP contribution in [-0.4, -0.2) is 70.6 Å². The van der Waals surface area contributed by atoms with Gasteiger partial charge in [0.1, 0.15) is 17.9 Å². The minimum absolute atomic E-state index is 0.0680. The maximum atomic E-state index is 12.2. The molecule has 1 atom stereocenters. The van der Waals surface area contributed by atoms with Crippen molar-refractivity contribution in [3.8, 4) is 5.75 Å². The second kappa shape index (κ2) is 7.31. The number of hydrogen-bond donors (Lipinski definition) is 2. The number of piperazine rings is 1. The van der Waals surface area contributed by atoms with Crippen molar-refractivity contribution in [2.24, 2.45) is 0 Å². The Morgan fingerprint density at radius 2 is 2.00 bits per heavy atom. The van der Waals surface area contributed by atoms with Gasteiger partial charge in [0.05, 0.1) is 13.2 Å². The van der Waals surface area contributed by atoms with E-state index in [1.807, 2.05) is 4.90 Å². The van der Waals surface area contributed by atoms with E-state index in [2.05, 4.69) is 0 Å².